The van der Waals surface area contributed by atoms with E-state index in [1.165, 1.54) is 0 Å². The number of ether oxygens (including phenoxy) is 1. The second kappa shape index (κ2) is 7.08. The van der Waals surface area contributed by atoms with Gasteiger partial charge in [0.2, 0.25) is 0 Å². The second-order valence-electron chi connectivity index (χ2n) is 6.58. The third kappa shape index (κ3) is 3.34. The number of hydrogen-bond acceptors (Lipinski definition) is 4. The Kier molecular flexibility index (Phi) is 4.47. The molecule has 0 amide bonds. The molecule has 0 fully saturated rings. The Balaban J connectivity index is 1.94. The molecule has 0 spiro atoms. The summed E-state index contributed by atoms with van der Waals surface area (Å²) in [6.45, 7) is 0. The molecule has 4 nitrogen and oxygen atoms in total. The summed E-state index contributed by atoms with van der Waals surface area (Å²) in [6, 6.07) is 24.4. The molecule has 0 aliphatic rings. The van der Waals surface area contributed by atoms with Crippen LogP contribution in [0.5, 0.6) is 5.75 Å². The lowest BCUT2D eigenvalue weighted by Crippen LogP contribution is -2.08. The molecule has 4 rings (SSSR count). The van der Waals surface area contributed by atoms with Gasteiger partial charge in [-0.2, -0.15) is 0 Å². The Hall–Kier alpha value is -3.40. The summed E-state index contributed by atoms with van der Waals surface area (Å²) in [7, 11) is 5.73. The van der Waals surface area contributed by atoms with E-state index in [9.17, 15) is 0 Å². The lowest BCUT2D eigenvalue weighted by molar-refractivity contribution is 0.415. The molecule has 4 aromatic rings. The van der Waals surface area contributed by atoms with Crippen LogP contribution in [0.1, 0.15) is 0 Å². The molecule has 134 valence electrons. The van der Waals surface area contributed by atoms with Crippen molar-refractivity contribution in [2.24, 2.45) is 0 Å². The zero-order valence-corrected chi connectivity index (χ0v) is 15.7. The van der Waals surface area contributed by atoms with Gasteiger partial charge in [-0.3, -0.25) is 0 Å². The fraction of sp³-hybridized carbons (Fsp3) is 0.130. The van der Waals surface area contributed by atoms with Crippen LogP contribution in [0.25, 0.3) is 33.5 Å². The van der Waals surface area contributed by atoms with Crippen molar-refractivity contribution in [1.29, 1.82) is 0 Å². The predicted octanol–water partition coefficient (Wildman–Crippen LogP) is 5.04. The van der Waals surface area contributed by atoms with E-state index in [0.717, 1.165) is 45.0 Å². The van der Waals surface area contributed by atoms with E-state index in [0.29, 0.717) is 0 Å². The highest BCUT2D eigenvalue weighted by Crippen LogP contribution is 2.32. The number of methoxy groups -OCH3 is 1. The zero-order valence-electron chi connectivity index (χ0n) is 15.7. The van der Waals surface area contributed by atoms with Crippen molar-refractivity contribution in [3.05, 3.63) is 72.8 Å². The highest BCUT2D eigenvalue weighted by Gasteiger charge is 2.14. The van der Waals surface area contributed by atoms with E-state index in [1.54, 1.807) is 7.11 Å². The number of anilines is 1. The van der Waals surface area contributed by atoms with Crippen molar-refractivity contribution in [3.8, 4) is 28.3 Å². The highest BCUT2D eigenvalue weighted by atomic mass is 16.5. The predicted molar refractivity (Wildman–Crippen MR) is 111 cm³/mol. The molecular weight excluding hydrogens is 334 g/mol. The van der Waals surface area contributed by atoms with Gasteiger partial charge in [-0.15, -0.1) is 0 Å². The third-order valence-electron chi connectivity index (χ3n) is 4.58. The van der Waals surface area contributed by atoms with Crippen LogP contribution in [-0.2, 0) is 0 Å². The Labute approximate surface area is 159 Å². The smallest absolute Gasteiger partial charge is 0.121 e. The average molecular weight is 355 g/mol. The van der Waals surface area contributed by atoms with E-state index in [2.05, 4.69) is 41.3 Å². The van der Waals surface area contributed by atoms with Crippen LogP contribution < -0.4 is 9.64 Å². The molecule has 0 atom stereocenters. The SMILES string of the molecule is COc1ccc2nc(-c3ccc(N(C)C)cc3)c(-c3ccccc3)nc2c1. The van der Waals surface area contributed by atoms with Crippen LogP contribution in [0.15, 0.2) is 72.8 Å². The molecule has 3 aromatic carbocycles. The number of nitrogens with zero attached hydrogens (tertiary/aromatic N) is 3. The van der Waals surface area contributed by atoms with E-state index < -0.39 is 0 Å². The molecule has 0 radical (unpaired) electrons. The molecule has 27 heavy (non-hydrogen) atoms. The second-order valence-corrected chi connectivity index (χ2v) is 6.58. The van der Waals surface area contributed by atoms with Crippen molar-refractivity contribution in [3.63, 3.8) is 0 Å². The molecule has 0 unspecified atom stereocenters. The van der Waals surface area contributed by atoms with Crippen molar-refractivity contribution in [2.75, 3.05) is 26.1 Å². The molecule has 0 aliphatic heterocycles. The monoisotopic (exact) mass is 355 g/mol. The van der Waals surface area contributed by atoms with Crippen molar-refractivity contribution >= 4 is 16.7 Å². The number of fused-ring (bicyclic) bond motifs is 1. The van der Waals surface area contributed by atoms with Gasteiger partial charge < -0.3 is 9.64 Å². The molecule has 0 aliphatic carbocycles. The largest absolute Gasteiger partial charge is 0.497 e. The van der Waals surface area contributed by atoms with Gasteiger partial charge in [-0.05, 0) is 24.3 Å². The van der Waals surface area contributed by atoms with Gasteiger partial charge in [-0.25, -0.2) is 9.97 Å². The number of rotatable bonds is 4. The van der Waals surface area contributed by atoms with E-state index >= 15 is 0 Å². The fourth-order valence-electron chi connectivity index (χ4n) is 3.08. The Morgan fingerprint density at radius 2 is 1.33 bits per heavy atom. The standard InChI is InChI=1S/C23H21N3O/c1-26(2)18-11-9-17(10-12-18)23-22(16-7-5-4-6-8-16)25-21-15-19(27-3)13-14-20(21)24-23/h4-15H,1-3H3. The lowest BCUT2D eigenvalue weighted by Gasteiger charge is -2.14. The van der Waals surface area contributed by atoms with Crippen LogP contribution in [0, 0.1) is 0 Å². The molecule has 0 saturated carbocycles. The first-order valence-corrected chi connectivity index (χ1v) is 8.84. The molecule has 0 bridgehead atoms. The highest BCUT2D eigenvalue weighted by molar-refractivity contribution is 5.87. The van der Waals surface area contributed by atoms with Crippen molar-refractivity contribution in [1.82, 2.24) is 9.97 Å². The van der Waals surface area contributed by atoms with E-state index in [4.69, 9.17) is 14.7 Å². The summed E-state index contributed by atoms with van der Waals surface area (Å²) in [4.78, 5) is 12.0. The minimum atomic E-state index is 0.777. The summed E-state index contributed by atoms with van der Waals surface area (Å²) < 4.78 is 5.35. The Bertz CT molecular complexity index is 1070. The minimum Gasteiger partial charge on any atom is -0.497 e. The first kappa shape index (κ1) is 17.0. The van der Waals surface area contributed by atoms with Gasteiger partial charge in [0.15, 0.2) is 0 Å². The third-order valence-corrected chi connectivity index (χ3v) is 4.58. The van der Waals surface area contributed by atoms with E-state index in [1.807, 2.05) is 50.5 Å². The van der Waals surface area contributed by atoms with Gasteiger partial charge in [0.05, 0.1) is 29.5 Å². The molecular formula is C23H21N3O. The van der Waals surface area contributed by atoms with Crippen LogP contribution in [-0.4, -0.2) is 31.2 Å². The van der Waals surface area contributed by atoms with Gasteiger partial charge >= 0.3 is 0 Å². The Morgan fingerprint density at radius 1 is 0.704 bits per heavy atom. The summed E-state index contributed by atoms with van der Waals surface area (Å²) in [6.07, 6.45) is 0. The Morgan fingerprint density at radius 3 is 1.96 bits per heavy atom. The summed E-state index contributed by atoms with van der Waals surface area (Å²) >= 11 is 0. The zero-order chi connectivity index (χ0) is 18.8. The maximum Gasteiger partial charge on any atom is 0.121 e. The number of benzene rings is 3. The van der Waals surface area contributed by atoms with Crippen LogP contribution in [0.4, 0.5) is 5.69 Å². The first-order chi connectivity index (χ1) is 13.2. The minimum absolute atomic E-state index is 0.777. The van der Waals surface area contributed by atoms with Gasteiger partial charge in [-0.1, -0.05) is 42.5 Å². The summed E-state index contributed by atoms with van der Waals surface area (Å²) in [5, 5.41) is 0. The molecule has 1 aromatic heterocycles. The molecule has 1 heterocycles. The molecule has 4 heteroatoms. The molecule has 0 N–H and O–H groups in total. The summed E-state index contributed by atoms with van der Waals surface area (Å²) in [5.41, 5.74) is 6.66. The van der Waals surface area contributed by atoms with E-state index in [-0.39, 0.29) is 0 Å². The first-order valence-electron chi connectivity index (χ1n) is 8.84. The number of hydrogen-bond donors (Lipinski definition) is 0. The lowest BCUT2D eigenvalue weighted by atomic mass is 10.0. The van der Waals surface area contributed by atoms with Crippen LogP contribution in [0.2, 0.25) is 0 Å². The van der Waals surface area contributed by atoms with Crippen LogP contribution >= 0.6 is 0 Å². The van der Waals surface area contributed by atoms with Crippen molar-refractivity contribution < 1.29 is 4.74 Å². The van der Waals surface area contributed by atoms with Gasteiger partial charge in [0, 0.05) is 37.0 Å². The van der Waals surface area contributed by atoms with Crippen molar-refractivity contribution in [2.45, 2.75) is 0 Å². The topological polar surface area (TPSA) is 38.2 Å². The quantitative estimate of drug-likeness (QED) is 0.514. The maximum absolute atomic E-state index is 5.35. The van der Waals surface area contributed by atoms with Crippen LogP contribution in [0.3, 0.4) is 0 Å². The number of aromatic nitrogens is 2. The van der Waals surface area contributed by atoms with Gasteiger partial charge in [0.25, 0.3) is 0 Å². The normalized spacial score (nSPS) is 10.8. The van der Waals surface area contributed by atoms with Gasteiger partial charge in [0.1, 0.15) is 5.75 Å². The fourth-order valence-corrected chi connectivity index (χ4v) is 3.08. The average Bonchev–Trinajstić information content (AvgIpc) is 2.73. The molecule has 0 saturated heterocycles. The summed E-state index contributed by atoms with van der Waals surface area (Å²) in [5.74, 6) is 0.777. The maximum atomic E-state index is 5.35.